The number of rotatable bonds is 3. The van der Waals surface area contributed by atoms with Crippen molar-refractivity contribution in [3.05, 3.63) is 29.3 Å². The Kier molecular flexibility index (Phi) is 3.20. The van der Waals surface area contributed by atoms with E-state index in [9.17, 15) is 0 Å². The summed E-state index contributed by atoms with van der Waals surface area (Å²) in [6.45, 7) is 1.41. The summed E-state index contributed by atoms with van der Waals surface area (Å²) in [6, 6.07) is 7.35. The largest absolute Gasteiger partial charge is 0.488 e. The van der Waals surface area contributed by atoms with Gasteiger partial charge in [-0.15, -0.1) is 0 Å². The molecule has 0 radical (unpaired) electrons. The van der Waals surface area contributed by atoms with Crippen molar-refractivity contribution in [3.8, 4) is 5.75 Å². The molecule has 0 aromatic heterocycles. The molecule has 60 valence electrons. The van der Waals surface area contributed by atoms with Crippen LogP contribution in [0.5, 0.6) is 5.75 Å². The molecule has 1 aromatic carbocycles. The summed E-state index contributed by atoms with van der Waals surface area (Å²) in [7, 11) is 0. The van der Waals surface area contributed by atoms with Gasteiger partial charge in [0.1, 0.15) is 18.9 Å². The average molecular weight is 173 g/mol. The molecule has 0 unspecified atom stereocenters. The van der Waals surface area contributed by atoms with Crippen LogP contribution in [0.15, 0.2) is 24.3 Å². The first kappa shape index (κ1) is 8.37. The van der Waals surface area contributed by atoms with Gasteiger partial charge in [0.2, 0.25) is 0 Å². The topological polar surface area (TPSA) is 36.9 Å². The highest BCUT2D eigenvalue weighted by Gasteiger charge is 1.92. The van der Waals surface area contributed by atoms with Crippen molar-refractivity contribution in [1.82, 2.24) is 0 Å². The lowest BCUT2D eigenvalue weighted by Crippen LogP contribution is -2.52. The minimum atomic E-state index is 0.639. The fourth-order valence-electron chi connectivity index (χ4n) is 0.747. The molecule has 0 aliphatic carbocycles. The van der Waals surface area contributed by atoms with Crippen molar-refractivity contribution in [2.24, 2.45) is 0 Å². The first-order valence-electron chi connectivity index (χ1n) is 3.50. The summed E-state index contributed by atoms with van der Waals surface area (Å²) in [5.74, 6) is 0.807. The normalized spacial score (nSPS) is 9.64. The lowest BCUT2D eigenvalue weighted by Gasteiger charge is -2.02. The second-order valence-corrected chi connectivity index (χ2v) is 2.60. The molecule has 0 bridgehead atoms. The molecule has 0 saturated heterocycles. The molecule has 0 heterocycles. The Bertz CT molecular complexity index is 227. The minimum absolute atomic E-state index is 0.639. The molecule has 0 amide bonds. The third-order valence-electron chi connectivity index (χ3n) is 1.21. The van der Waals surface area contributed by atoms with Gasteiger partial charge in [0.05, 0.1) is 0 Å². The van der Waals surface area contributed by atoms with Gasteiger partial charge in [0.25, 0.3) is 0 Å². The molecule has 1 rings (SSSR count). The van der Waals surface area contributed by atoms with Crippen molar-refractivity contribution in [1.29, 1.82) is 0 Å². The Hall–Kier alpha value is -0.730. The minimum Gasteiger partial charge on any atom is -0.488 e. The zero-order valence-electron chi connectivity index (χ0n) is 6.22. The van der Waals surface area contributed by atoms with Crippen molar-refractivity contribution in [2.75, 3.05) is 13.2 Å². The second-order valence-electron chi connectivity index (χ2n) is 2.16. The quantitative estimate of drug-likeness (QED) is 0.725. The molecule has 11 heavy (non-hydrogen) atoms. The van der Waals surface area contributed by atoms with E-state index in [0.717, 1.165) is 12.3 Å². The highest BCUT2D eigenvalue weighted by molar-refractivity contribution is 6.30. The van der Waals surface area contributed by atoms with Gasteiger partial charge < -0.3 is 10.5 Å². The SMILES string of the molecule is [NH3+]CCOc1cccc(Cl)c1. The third-order valence-corrected chi connectivity index (χ3v) is 1.44. The molecule has 0 saturated carbocycles. The summed E-state index contributed by atoms with van der Waals surface area (Å²) in [5.41, 5.74) is 3.67. The fourth-order valence-corrected chi connectivity index (χ4v) is 0.927. The third kappa shape index (κ3) is 2.78. The summed E-state index contributed by atoms with van der Waals surface area (Å²) in [6.07, 6.45) is 0. The summed E-state index contributed by atoms with van der Waals surface area (Å²) in [4.78, 5) is 0. The maximum Gasteiger partial charge on any atom is 0.137 e. The van der Waals surface area contributed by atoms with Gasteiger partial charge in [-0.25, -0.2) is 0 Å². The Labute approximate surface area is 70.9 Å². The molecule has 0 aliphatic heterocycles. The van der Waals surface area contributed by atoms with E-state index in [-0.39, 0.29) is 0 Å². The van der Waals surface area contributed by atoms with Gasteiger partial charge in [-0.2, -0.15) is 0 Å². The summed E-state index contributed by atoms with van der Waals surface area (Å²) >= 11 is 5.73. The van der Waals surface area contributed by atoms with E-state index < -0.39 is 0 Å². The van der Waals surface area contributed by atoms with Gasteiger partial charge >= 0.3 is 0 Å². The molecule has 3 N–H and O–H groups in total. The van der Waals surface area contributed by atoms with Gasteiger partial charge in [-0.05, 0) is 18.2 Å². The number of ether oxygens (including phenoxy) is 1. The van der Waals surface area contributed by atoms with Crippen molar-refractivity contribution < 1.29 is 10.5 Å². The van der Waals surface area contributed by atoms with Crippen LogP contribution in [0, 0.1) is 0 Å². The zero-order valence-corrected chi connectivity index (χ0v) is 6.97. The zero-order chi connectivity index (χ0) is 8.10. The Balaban J connectivity index is 2.56. The molecule has 2 nitrogen and oxygen atoms in total. The lowest BCUT2D eigenvalue weighted by molar-refractivity contribution is -0.370. The second kappa shape index (κ2) is 4.21. The van der Waals surface area contributed by atoms with Crippen LogP contribution >= 0.6 is 11.6 Å². The summed E-state index contributed by atoms with van der Waals surface area (Å²) < 4.78 is 5.29. The molecular formula is C8H11ClNO+. The Morgan fingerprint density at radius 1 is 1.45 bits per heavy atom. The van der Waals surface area contributed by atoms with Crippen LogP contribution in [0.3, 0.4) is 0 Å². The van der Waals surface area contributed by atoms with Gasteiger partial charge in [-0.1, -0.05) is 17.7 Å². The number of hydrogen-bond donors (Lipinski definition) is 1. The van der Waals surface area contributed by atoms with Gasteiger partial charge in [-0.3, -0.25) is 0 Å². The van der Waals surface area contributed by atoms with Crippen LogP contribution in [-0.2, 0) is 0 Å². The van der Waals surface area contributed by atoms with Crippen LogP contribution in [0.25, 0.3) is 0 Å². The van der Waals surface area contributed by atoms with Crippen LogP contribution < -0.4 is 10.5 Å². The van der Waals surface area contributed by atoms with E-state index in [1.807, 2.05) is 18.2 Å². The fraction of sp³-hybridized carbons (Fsp3) is 0.250. The molecule has 3 heteroatoms. The summed E-state index contributed by atoms with van der Waals surface area (Å²) in [5, 5.41) is 0.701. The van der Waals surface area contributed by atoms with Crippen molar-refractivity contribution in [2.45, 2.75) is 0 Å². The van der Waals surface area contributed by atoms with Crippen LogP contribution in [0.2, 0.25) is 5.02 Å². The van der Waals surface area contributed by atoms with Crippen LogP contribution in [-0.4, -0.2) is 13.2 Å². The molecule has 0 fully saturated rings. The number of halogens is 1. The van der Waals surface area contributed by atoms with Crippen molar-refractivity contribution in [3.63, 3.8) is 0 Å². The van der Waals surface area contributed by atoms with E-state index >= 15 is 0 Å². The maximum absolute atomic E-state index is 5.73. The standard InChI is InChI=1S/C8H10ClNO/c9-7-2-1-3-8(6-7)11-5-4-10/h1-3,6H,4-5,10H2/p+1. The molecule has 0 atom stereocenters. The monoisotopic (exact) mass is 172 g/mol. The Morgan fingerprint density at radius 3 is 2.91 bits per heavy atom. The van der Waals surface area contributed by atoms with E-state index in [2.05, 4.69) is 5.73 Å². The maximum atomic E-state index is 5.73. The molecular weight excluding hydrogens is 162 g/mol. The van der Waals surface area contributed by atoms with Crippen LogP contribution in [0.4, 0.5) is 0 Å². The first-order valence-corrected chi connectivity index (χ1v) is 3.88. The van der Waals surface area contributed by atoms with E-state index in [1.165, 1.54) is 0 Å². The van der Waals surface area contributed by atoms with E-state index in [1.54, 1.807) is 6.07 Å². The highest BCUT2D eigenvalue weighted by Crippen LogP contribution is 2.16. The van der Waals surface area contributed by atoms with E-state index in [0.29, 0.717) is 11.6 Å². The number of hydrogen-bond acceptors (Lipinski definition) is 1. The van der Waals surface area contributed by atoms with Gasteiger partial charge in [0, 0.05) is 5.02 Å². The average Bonchev–Trinajstić information content (AvgIpc) is 2.01. The smallest absolute Gasteiger partial charge is 0.137 e. The lowest BCUT2D eigenvalue weighted by atomic mass is 10.3. The molecule has 1 aromatic rings. The Morgan fingerprint density at radius 2 is 2.27 bits per heavy atom. The molecule has 0 aliphatic rings. The van der Waals surface area contributed by atoms with E-state index in [4.69, 9.17) is 16.3 Å². The number of quaternary nitrogens is 1. The predicted molar refractivity (Wildman–Crippen MR) is 44.7 cm³/mol. The van der Waals surface area contributed by atoms with Crippen molar-refractivity contribution >= 4 is 11.6 Å². The van der Waals surface area contributed by atoms with Crippen LogP contribution in [0.1, 0.15) is 0 Å². The molecule has 0 spiro atoms. The highest BCUT2D eigenvalue weighted by atomic mass is 35.5. The van der Waals surface area contributed by atoms with Gasteiger partial charge in [0.15, 0.2) is 0 Å². The predicted octanol–water partition coefficient (Wildman–Crippen LogP) is 0.961. The number of benzene rings is 1. The first-order chi connectivity index (χ1) is 5.33.